The molecule has 6 heteroatoms. The Morgan fingerprint density at radius 3 is 2.35 bits per heavy atom. The molecule has 2 aliphatic rings. The highest BCUT2D eigenvalue weighted by molar-refractivity contribution is 5.98. The van der Waals surface area contributed by atoms with E-state index in [-0.39, 0.29) is 11.9 Å². The van der Waals surface area contributed by atoms with Crippen LogP contribution in [-0.4, -0.2) is 57.3 Å². The fourth-order valence-corrected chi connectivity index (χ4v) is 3.65. The molecule has 0 aromatic heterocycles. The quantitative estimate of drug-likeness (QED) is 0.914. The van der Waals surface area contributed by atoms with E-state index in [0.717, 1.165) is 32.4 Å². The van der Waals surface area contributed by atoms with E-state index in [0.29, 0.717) is 28.9 Å². The summed E-state index contributed by atoms with van der Waals surface area (Å²) in [6.07, 6.45) is 3.13. The number of hydrogen-bond acceptors (Lipinski definition) is 5. The summed E-state index contributed by atoms with van der Waals surface area (Å²) in [5.74, 6) is 1.63. The van der Waals surface area contributed by atoms with Crippen molar-refractivity contribution in [3.05, 3.63) is 17.7 Å². The minimum absolute atomic E-state index is 0.0130. The van der Waals surface area contributed by atoms with Crippen LogP contribution in [0, 0.1) is 0 Å². The summed E-state index contributed by atoms with van der Waals surface area (Å²) in [4.78, 5) is 15.2. The average Bonchev–Trinajstić information content (AvgIpc) is 2.85. The third-order valence-electron chi connectivity index (χ3n) is 4.82. The van der Waals surface area contributed by atoms with Crippen LogP contribution >= 0.6 is 0 Å². The van der Waals surface area contributed by atoms with Gasteiger partial charge < -0.3 is 24.4 Å². The highest BCUT2D eigenvalue weighted by atomic mass is 16.5. The second kappa shape index (κ2) is 6.66. The van der Waals surface area contributed by atoms with Crippen molar-refractivity contribution >= 4 is 5.91 Å². The van der Waals surface area contributed by atoms with Gasteiger partial charge in [-0.25, -0.2) is 0 Å². The molecule has 0 aliphatic carbocycles. The molecule has 0 radical (unpaired) electrons. The molecule has 3 rings (SSSR count). The van der Waals surface area contributed by atoms with Gasteiger partial charge >= 0.3 is 0 Å². The summed E-state index contributed by atoms with van der Waals surface area (Å²) >= 11 is 0. The molecule has 2 unspecified atom stereocenters. The maximum absolute atomic E-state index is 13.2. The van der Waals surface area contributed by atoms with Gasteiger partial charge in [0.1, 0.15) is 5.75 Å². The van der Waals surface area contributed by atoms with Crippen LogP contribution in [-0.2, 0) is 0 Å². The molecule has 23 heavy (non-hydrogen) atoms. The number of hydrogen-bond donors (Lipinski definition) is 1. The number of carbonyl (C=O) groups is 1. The summed E-state index contributed by atoms with van der Waals surface area (Å²) in [5.41, 5.74) is 0.531. The van der Waals surface area contributed by atoms with E-state index >= 15 is 0 Å². The topological polar surface area (TPSA) is 60.0 Å². The van der Waals surface area contributed by atoms with E-state index < -0.39 is 0 Å². The molecule has 1 aromatic rings. The molecule has 0 saturated carbocycles. The first-order valence-electron chi connectivity index (χ1n) is 8.03. The number of rotatable bonds is 4. The Bertz CT molecular complexity index is 576. The molecule has 1 aromatic carbocycles. The Morgan fingerprint density at radius 1 is 1.00 bits per heavy atom. The molecular weight excluding hydrogens is 296 g/mol. The van der Waals surface area contributed by atoms with Gasteiger partial charge in [-0.3, -0.25) is 4.79 Å². The van der Waals surface area contributed by atoms with Gasteiger partial charge in [0.05, 0.1) is 26.9 Å². The maximum atomic E-state index is 13.2. The van der Waals surface area contributed by atoms with Gasteiger partial charge in [0.25, 0.3) is 5.91 Å². The lowest BCUT2D eigenvalue weighted by Gasteiger charge is -2.28. The SMILES string of the molecule is COc1cc(OC)c(C(=O)N2C3CCNCC2CC3)cc1OC. The van der Waals surface area contributed by atoms with E-state index in [4.69, 9.17) is 14.2 Å². The molecule has 1 N–H and O–H groups in total. The second-order valence-corrected chi connectivity index (χ2v) is 6.00. The minimum atomic E-state index is 0.0130. The van der Waals surface area contributed by atoms with Crippen molar-refractivity contribution in [2.24, 2.45) is 0 Å². The molecule has 6 nitrogen and oxygen atoms in total. The molecule has 2 aliphatic heterocycles. The number of fused-ring (bicyclic) bond motifs is 2. The monoisotopic (exact) mass is 320 g/mol. The van der Waals surface area contributed by atoms with Crippen LogP contribution in [0.2, 0.25) is 0 Å². The third-order valence-corrected chi connectivity index (χ3v) is 4.82. The molecule has 2 bridgehead atoms. The normalized spacial score (nSPS) is 23.3. The molecule has 2 heterocycles. The Hall–Kier alpha value is -1.95. The van der Waals surface area contributed by atoms with E-state index in [1.165, 1.54) is 0 Å². The lowest BCUT2D eigenvalue weighted by Crippen LogP contribution is -2.42. The Kier molecular flexibility index (Phi) is 4.61. The predicted octanol–water partition coefficient (Wildman–Crippen LogP) is 1.68. The summed E-state index contributed by atoms with van der Waals surface area (Å²) in [6, 6.07) is 4.00. The zero-order valence-corrected chi connectivity index (χ0v) is 13.9. The van der Waals surface area contributed by atoms with Crippen LogP contribution in [0.4, 0.5) is 0 Å². The Morgan fingerprint density at radius 2 is 1.65 bits per heavy atom. The standard InChI is InChI=1S/C17H24N2O4/c1-21-14-9-16(23-3)15(22-2)8-13(14)17(20)19-11-4-5-12(19)10-18-7-6-11/h8-9,11-12,18H,4-7,10H2,1-3H3. The van der Waals surface area contributed by atoms with Crippen molar-refractivity contribution < 1.29 is 19.0 Å². The Balaban J connectivity index is 1.98. The molecule has 2 saturated heterocycles. The van der Waals surface area contributed by atoms with Crippen LogP contribution in [0.25, 0.3) is 0 Å². The molecule has 1 amide bonds. The predicted molar refractivity (Wildman–Crippen MR) is 86.6 cm³/mol. The fraction of sp³-hybridized carbons (Fsp3) is 0.588. The molecular formula is C17H24N2O4. The van der Waals surface area contributed by atoms with Crippen LogP contribution < -0.4 is 19.5 Å². The summed E-state index contributed by atoms with van der Waals surface area (Å²) in [6.45, 7) is 1.83. The van der Waals surface area contributed by atoms with Gasteiger partial charge in [0.2, 0.25) is 0 Å². The molecule has 0 spiro atoms. The zero-order chi connectivity index (χ0) is 16.4. The Labute approximate surface area is 136 Å². The number of amides is 1. The van der Waals surface area contributed by atoms with E-state index in [1.54, 1.807) is 33.5 Å². The van der Waals surface area contributed by atoms with Crippen LogP contribution in [0.15, 0.2) is 12.1 Å². The molecule has 2 fully saturated rings. The minimum Gasteiger partial charge on any atom is -0.496 e. The zero-order valence-electron chi connectivity index (χ0n) is 13.9. The van der Waals surface area contributed by atoms with Gasteiger partial charge in [-0.05, 0) is 25.8 Å². The van der Waals surface area contributed by atoms with Gasteiger partial charge in [0.15, 0.2) is 11.5 Å². The number of ether oxygens (including phenoxy) is 3. The van der Waals surface area contributed by atoms with E-state index in [1.807, 2.05) is 4.90 Å². The molecule has 126 valence electrons. The van der Waals surface area contributed by atoms with Gasteiger partial charge in [-0.15, -0.1) is 0 Å². The largest absolute Gasteiger partial charge is 0.496 e. The first kappa shape index (κ1) is 15.9. The number of methoxy groups -OCH3 is 3. The highest BCUT2D eigenvalue weighted by Gasteiger charge is 2.39. The van der Waals surface area contributed by atoms with E-state index in [2.05, 4.69) is 5.32 Å². The maximum Gasteiger partial charge on any atom is 0.258 e. The first-order valence-corrected chi connectivity index (χ1v) is 8.03. The molecule has 2 atom stereocenters. The summed E-state index contributed by atoms with van der Waals surface area (Å²) in [5, 5.41) is 3.41. The smallest absolute Gasteiger partial charge is 0.258 e. The number of nitrogens with one attached hydrogen (secondary N) is 1. The second-order valence-electron chi connectivity index (χ2n) is 6.00. The van der Waals surface area contributed by atoms with E-state index in [9.17, 15) is 4.79 Å². The lowest BCUT2D eigenvalue weighted by atomic mass is 10.1. The van der Waals surface area contributed by atoms with Crippen molar-refractivity contribution in [3.63, 3.8) is 0 Å². The highest BCUT2D eigenvalue weighted by Crippen LogP contribution is 2.37. The lowest BCUT2D eigenvalue weighted by molar-refractivity contribution is 0.0676. The van der Waals surface area contributed by atoms with Crippen molar-refractivity contribution in [2.45, 2.75) is 31.3 Å². The van der Waals surface area contributed by atoms with Gasteiger partial charge in [-0.2, -0.15) is 0 Å². The van der Waals surface area contributed by atoms with Gasteiger partial charge in [0, 0.05) is 30.8 Å². The van der Waals surface area contributed by atoms with Crippen LogP contribution in [0.3, 0.4) is 0 Å². The number of carbonyl (C=O) groups excluding carboxylic acids is 1. The third kappa shape index (κ3) is 2.83. The van der Waals surface area contributed by atoms with Gasteiger partial charge in [-0.1, -0.05) is 0 Å². The summed E-state index contributed by atoms with van der Waals surface area (Å²) in [7, 11) is 4.70. The number of benzene rings is 1. The fourth-order valence-electron chi connectivity index (χ4n) is 3.65. The van der Waals surface area contributed by atoms with Crippen LogP contribution in [0.5, 0.6) is 17.2 Å². The average molecular weight is 320 g/mol. The van der Waals surface area contributed by atoms with Crippen molar-refractivity contribution in [1.29, 1.82) is 0 Å². The van der Waals surface area contributed by atoms with Crippen molar-refractivity contribution in [2.75, 3.05) is 34.4 Å². The van der Waals surface area contributed by atoms with Crippen molar-refractivity contribution in [3.8, 4) is 17.2 Å². The number of nitrogens with zero attached hydrogens (tertiary/aromatic N) is 1. The van der Waals surface area contributed by atoms with Crippen LogP contribution in [0.1, 0.15) is 29.6 Å². The first-order chi connectivity index (χ1) is 11.2. The summed E-state index contributed by atoms with van der Waals surface area (Å²) < 4.78 is 16.1. The van der Waals surface area contributed by atoms with Crippen molar-refractivity contribution in [1.82, 2.24) is 10.2 Å².